The first-order valence-corrected chi connectivity index (χ1v) is 7.47. The van der Waals surface area contributed by atoms with Crippen LogP contribution in [0.25, 0.3) is 0 Å². The molecule has 2 amide bonds. The van der Waals surface area contributed by atoms with Crippen LogP contribution in [-0.2, 0) is 0 Å². The molecule has 0 aromatic carbocycles. The van der Waals surface area contributed by atoms with Gasteiger partial charge in [-0.05, 0) is 38.3 Å². The van der Waals surface area contributed by atoms with E-state index < -0.39 is 0 Å². The zero-order chi connectivity index (χ0) is 15.3. The number of allylic oxidation sites excluding steroid dienone is 4. The Bertz CT molecular complexity index is 482. The third-order valence-electron chi connectivity index (χ3n) is 4.77. The van der Waals surface area contributed by atoms with Gasteiger partial charge < -0.3 is 16.0 Å². The van der Waals surface area contributed by atoms with Crippen LogP contribution in [0.3, 0.4) is 0 Å². The highest BCUT2D eigenvalue weighted by atomic mass is 16.2. The highest BCUT2D eigenvalue weighted by Gasteiger charge is 2.46. The normalized spacial score (nSPS) is 33.0. The highest BCUT2D eigenvalue weighted by Crippen LogP contribution is 2.40. The molecule has 1 saturated carbocycles. The molecule has 1 aliphatic heterocycles. The van der Waals surface area contributed by atoms with Gasteiger partial charge in [0.1, 0.15) is 0 Å². The van der Waals surface area contributed by atoms with E-state index in [2.05, 4.69) is 41.3 Å². The van der Waals surface area contributed by atoms with Crippen molar-refractivity contribution in [1.29, 1.82) is 0 Å². The molecular weight excluding hydrogens is 262 g/mol. The minimum atomic E-state index is -0.0706. The van der Waals surface area contributed by atoms with Gasteiger partial charge >= 0.3 is 6.03 Å². The second-order valence-electron chi connectivity index (χ2n) is 5.87. The topological polar surface area (TPSA) is 53.2 Å². The van der Waals surface area contributed by atoms with Crippen molar-refractivity contribution in [1.82, 2.24) is 16.0 Å². The maximum absolute atomic E-state index is 11.4. The molecule has 1 aliphatic carbocycles. The van der Waals surface area contributed by atoms with Crippen LogP contribution >= 0.6 is 0 Å². The summed E-state index contributed by atoms with van der Waals surface area (Å²) in [7, 11) is 2.00. The first kappa shape index (κ1) is 15.6. The first-order chi connectivity index (χ1) is 10.1. The van der Waals surface area contributed by atoms with Gasteiger partial charge in [-0.15, -0.1) is 0 Å². The van der Waals surface area contributed by atoms with Crippen molar-refractivity contribution < 1.29 is 4.79 Å². The Morgan fingerprint density at radius 3 is 2.43 bits per heavy atom. The second kappa shape index (κ2) is 6.31. The fraction of sp³-hybridized carbons (Fsp3) is 0.471. The molecule has 4 nitrogen and oxygen atoms in total. The van der Waals surface area contributed by atoms with E-state index in [1.165, 1.54) is 5.57 Å². The van der Waals surface area contributed by atoms with Gasteiger partial charge in [0.05, 0.1) is 5.54 Å². The van der Waals surface area contributed by atoms with E-state index in [4.69, 9.17) is 0 Å². The molecule has 21 heavy (non-hydrogen) atoms. The van der Waals surface area contributed by atoms with Crippen molar-refractivity contribution >= 4 is 6.03 Å². The number of urea groups is 1. The number of nitrogens with one attached hydrogen (secondary N) is 3. The van der Waals surface area contributed by atoms with E-state index in [1.807, 2.05) is 19.2 Å². The first-order valence-electron chi connectivity index (χ1n) is 7.47. The Morgan fingerprint density at radius 2 is 1.95 bits per heavy atom. The molecule has 4 heteroatoms. The second-order valence-corrected chi connectivity index (χ2v) is 5.87. The Morgan fingerprint density at radius 1 is 1.24 bits per heavy atom. The van der Waals surface area contributed by atoms with Crippen molar-refractivity contribution in [2.75, 3.05) is 13.6 Å². The number of carbonyl (C=O) groups excluding carboxylic acids is 1. The van der Waals surface area contributed by atoms with Crippen molar-refractivity contribution in [3.05, 3.63) is 49.1 Å². The summed E-state index contributed by atoms with van der Waals surface area (Å²) in [5.74, 6) is 0. The van der Waals surface area contributed by atoms with Crippen LogP contribution < -0.4 is 16.0 Å². The van der Waals surface area contributed by atoms with E-state index in [-0.39, 0.29) is 17.1 Å². The fourth-order valence-electron chi connectivity index (χ4n) is 3.39. The lowest BCUT2D eigenvalue weighted by molar-refractivity contribution is 0.192. The maximum atomic E-state index is 11.4. The molecule has 3 N–H and O–H groups in total. The van der Waals surface area contributed by atoms with Gasteiger partial charge in [-0.3, -0.25) is 0 Å². The molecule has 0 unspecified atom stereocenters. The van der Waals surface area contributed by atoms with Gasteiger partial charge in [0.25, 0.3) is 0 Å². The Labute approximate surface area is 127 Å². The standard InChI is InChI=1S/C17H25N3O/c1-4-6-8-14(7-5-2)17(18-3)11-9-16(10-12-17)13-19-15(21)20-16/h4-8,18H,1-2,9-13H2,3H3,(H2,19,20,21)/b8-6-,14-7+. The fourth-order valence-corrected chi connectivity index (χ4v) is 3.39. The van der Waals surface area contributed by atoms with Crippen LogP contribution in [0, 0.1) is 0 Å². The molecule has 1 spiro atoms. The summed E-state index contributed by atoms with van der Waals surface area (Å²) < 4.78 is 0. The van der Waals surface area contributed by atoms with Gasteiger partial charge in [-0.1, -0.05) is 43.5 Å². The lowest BCUT2D eigenvalue weighted by Crippen LogP contribution is -2.55. The lowest BCUT2D eigenvalue weighted by atomic mass is 9.69. The monoisotopic (exact) mass is 287 g/mol. The molecule has 114 valence electrons. The average Bonchev–Trinajstić information content (AvgIpc) is 2.86. The van der Waals surface area contributed by atoms with Crippen LogP contribution in [0.15, 0.2) is 49.1 Å². The number of hydrogen-bond acceptors (Lipinski definition) is 2. The van der Waals surface area contributed by atoms with Crippen LogP contribution in [0.5, 0.6) is 0 Å². The van der Waals surface area contributed by atoms with Gasteiger partial charge in [0.15, 0.2) is 0 Å². The number of rotatable bonds is 5. The predicted molar refractivity (Wildman–Crippen MR) is 87.1 cm³/mol. The summed E-state index contributed by atoms with van der Waals surface area (Å²) in [4.78, 5) is 11.4. The number of likely N-dealkylation sites (N-methyl/N-ethyl adjacent to an activating group) is 1. The minimum absolute atomic E-state index is 0.0413. The zero-order valence-electron chi connectivity index (χ0n) is 12.7. The maximum Gasteiger partial charge on any atom is 0.315 e. The highest BCUT2D eigenvalue weighted by molar-refractivity contribution is 5.77. The van der Waals surface area contributed by atoms with Crippen LogP contribution in [0.4, 0.5) is 4.79 Å². The zero-order valence-corrected chi connectivity index (χ0v) is 12.7. The van der Waals surface area contributed by atoms with Crippen molar-refractivity contribution in [2.24, 2.45) is 0 Å². The molecule has 2 aliphatic rings. The summed E-state index contributed by atoms with van der Waals surface area (Å²) in [5.41, 5.74) is 1.08. The molecule has 0 atom stereocenters. The summed E-state index contributed by atoms with van der Waals surface area (Å²) in [5, 5.41) is 9.47. The third kappa shape index (κ3) is 3.10. The molecule has 2 fully saturated rings. The number of hydrogen-bond donors (Lipinski definition) is 3. The Hall–Kier alpha value is -1.81. The van der Waals surface area contributed by atoms with Crippen molar-refractivity contribution in [3.63, 3.8) is 0 Å². The van der Waals surface area contributed by atoms with E-state index in [9.17, 15) is 4.79 Å². The van der Waals surface area contributed by atoms with Gasteiger partial charge in [0.2, 0.25) is 0 Å². The Kier molecular flexibility index (Phi) is 4.68. The third-order valence-corrected chi connectivity index (χ3v) is 4.77. The van der Waals surface area contributed by atoms with Crippen molar-refractivity contribution in [3.8, 4) is 0 Å². The quantitative estimate of drug-likeness (QED) is 0.680. The molecule has 0 radical (unpaired) electrons. The molecular formula is C17H25N3O. The molecule has 1 saturated heterocycles. The van der Waals surface area contributed by atoms with Gasteiger partial charge in [0, 0.05) is 12.1 Å². The number of carbonyl (C=O) groups is 1. The molecule has 2 rings (SSSR count). The smallest absolute Gasteiger partial charge is 0.315 e. The Balaban J connectivity index is 2.18. The molecule has 0 aromatic heterocycles. The van der Waals surface area contributed by atoms with E-state index >= 15 is 0 Å². The van der Waals surface area contributed by atoms with Gasteiger partial charge in [-0.2, -0.15) is 0 Å². The predicted octanol–water partition coefficient (Wildman–Crippen LogP) is 2.42. The summed E-state index contributed by atoms with van der Waals surface area (Å²) >= 11 is 0. The average molecular weight is 287 g/mol. The summed E-state index contributed by atoms with van der Waals surface area (Å²) in [6.45, 7) is 8.29. The molecule has 1 heterocycles. The SMILES string of the molecule is C=C/C=C\C(=C/C=C)C1(NC)CCC2(CC1)CNC(=O)N2. The molecule has 0 aromatic rings. The van der Waals surface area contributed by atoms with Crippen LogP contribution in [-0.4, -0.2) is 30.7 Å². The summed E-state index contributed by atoms with van der Waals surface area (Å²) in [6, 6.07) is -0.0413. The van der Waals surface area contributed by atoms with Gasteiger partial charge in [-0.25, -0.2) is 4.79 Å². The summed E-state index contributed by atoms with van der Waals surface area (Å²) in [6.07, 6.45) is 13.6. The largest absolute Gasteiger partial charge is 0.336 e. The lowest BCUT2D eigenvalue weighted by Gasteiger charge is -2.45. The molecule has 0 bridgehead atoms. The minimum Gasteiger partial charge on any atom is -0.336 e. The van der Waals surface area contributed by atoms with E-state index in [0.717, 1.165) is 32.2 Å². The van der Waals surface area contributed by atoms with E-state index in [1.54, 1.807) is 6.08 Å². The van der Waals surface area contributed by atoms with Crippen molar-refractivity contribution in [2.45, 2.75) is 36.8 Å². The van der Waals surface area contributed by atoms with Crippen LogP contribution in [0.1, 0.15) is 25.7 Å². The van der Waals surface area contributed by atoms with Crippen LogP contribution in [0.2, 0.25) is 0 Å². The van der Waals surface area contributed by atoms with E-state index in [0.29, 0.717) is 0 Å². The number of amides is 2.